The Morgan fingerprint density at radius 2 is 1.90 bits per heavy atom. The third kappa shape index (κ3) is 5.63. The number of hydrogen-bond acceptors (Lipinski definition) is 4. The second kappa shape index (κ2) is 8.52. The number of rotatable bonds is 8. The van der Waals surface area contributed by atoms with Crippen LogP contribution in [0.5, 0.6) is 11.5 Å². The topological polar surface area (TPSA) is 72.8 Å². The van der Waals surface area contributed by atoms with Gasteiger partial charge in [0.2, 0.25) is 0 Å². The smallest absolute Gasteiger partial charge is 0.251 e. The Morgan fingerprint density at radius 1 is 1.24 bits per heavy atom. The maximum absolute atomic E-state index is 12.0. The lowest BCUT2D eigenvalue weighted by Crippen LogP contribution is -2.33. The van der Waals surface area contributed by atoms with Crippen LogP contribution >= 0.6 is 0 Å². The van der Waals surface area contributed by atoms with Crippen molar-refractivity contribution in [1.82, 2.24) is 10.2 Å². The van der Waals surface area contributed by atoms with Gasteiger partial charge in [0, 0.05) is 11.6 Å². The van der Waals surface area contributed by atoms with Crippen molar-refractivity contribution in [3.05, 3.63) is 23.8 Å². The monoisotopic (exact) mass is 294 g/mol. The summed E-state index contributed by atoms with van der Waals surface area (Å²) < 4.78 is 0. The number of phenolic OH excluding ortho intramolecular Hbond substituents is 2. The quantitative estimate of drug-likeness (QED) is 0.643. The highest BCUT2D eigenvalue weighted by Crippen LogP contribution is 2.24. The van der Waals surface area contributed by atoms with Crippen LogP contribution in [0.3, 0.4) is 0 Å². The van der Waals surface area contributed by atoms with E-state index in [9.17, 15) is 15.0 Å². The van der Waals surface area contributed by atoms with Gasteiger partial charge < -0.3 is 20.4 Å². The van der Waals surface area contributed by atoms with E-state index in [1.807, 2.05) is 6.92 Å². The summed E-state index contributed by atoms with van der Waals surface area (Å²) in [6.07, 6.45) is 1.94. The van der Waals surface area contributed by atoms with Gasteiger partial charge in [0.25, 0.3) is 5.91 Å². The maximum Gasteiger partial charge on any atom is 0.251 e. The van der Waals surface area contributed by atoms with Crippen LogP contribution in [-0.2, 0) is 0 Å². The van der Waals surface area contributed by atoms with Gasteiger partial charge in [-0.2, -0.15) is 0 Å². The highest BCUT2D eigenvalue weighted by molar-refractivity contribution is 5.95. The lowest BCUT2D eigenvalue weighted by molar-refractivity contribution is 0.0937. The minimum Gasteiger partial charge on any atom is -0.504 e. The van der Waals surface area contributed by atoms with Crippen LogP contribution in [0.4, 0.5) is 0 Å². The molecule has 0 saturated carbocycles. The Hall–Kier alpha value is -1.75. The Bertz CT molecular complexity index is 459. The molecule has 1 aromatic rings. The second-order valence-corrected chi connectivity index (χ2v) is 5.25. The fourth-order valence-corrected chi connectivity index (χ4v) is 2.20. The van der Waals surface area contributed by atoms with Gasteiger partial charge in [-0.1, -0.05) is 13.8 Å². The van der Waals surface area contributed by atoms with Crippen molar-refractivity contribution in [2.24, 2.45) is 0 Å². The number of nitrogens with one attached hydrogen (secondary N) is 1. The normalized spacial score (nSPS) is 12.4. The molecule has 0 bridgehead atoms. The van der Waals surface area contributed by atoms with Gasteiger partial charge in [-0.3, -0.25) is 4.79 Å². The summed E-state index contributed by atoms with van der Waals surface area (Å²) in [5, 5.41) is 21.5. The van der Waals surface area contributed by atoms with Crippen molar-refractivity contribution in [3.63, 3.8) is 0 Å². The molecule has 1 atom stereocenters. The molecule has 21 heavy (non-hydrogen) atoms. The van der Waals surface area contributed by atoms with Crippen molar-refractivity contribution >= 4 is 5.91 Å². The molecule has 0 aliphatic carbocycles. The fourth-order valence-electron chi connectivity index (χ4n) is 2.20. The Balaban J connectivity index is 2.41. The number of benzene rings is 1. The first-order valence-corrected chi connectivity index (χ1v) is 7.53. The minimum absolute atomic E-state index is 0.0732. The van der Waals surface area contributed by atoms with Crippen molar-refractivity contribution in [1.29, 1.82) is 0 Å². The number of amides is 1. The van der Waals surface area contributed by atoms with E-state index in [1.54, 1.807) is 0 Å². The first-order chi connectivity index (χ1) is 9.97. The average Bonchev–Trinajstić information content (AvgIpc) is 2.46. The van der Waals surface area contributed by atoms with Crippen LogP contribution < -0.4 is 5.32 Å². The van der Waals surface area contributed by atoms with Gasteiger partial charge in [-0.15, -0.1) is 0 Å². The molecule has 0 aliphatic rings. The van der Waals surface area contributed by atoms with Crippen molar-refractivity contribution in [2.45, 2.75) is 39.7 Å². The lowest BCUT2D eigenvalue weighted by atomic mass is 10.1. The average molecular weight is 294 g/mol. The van der Waals surface area contributed by atoms with Crippen LogP contribution in [0.1, 0.15) is 44.0 Å². The Kier molecular flexibility index (Phi) is 7.02. The first kappa shape index (κ1) is 17.3. The molecule has 0 radical (unpaired) electrons. The highest BCUT2D eigenvalue weighted by Gasteiger charge is 2.12. The summed E-state index contributed by atoms with van der Waals surface area (Å²) in [6.45, 7) is 9.39. The molecule has 0 aromatic heterocycles. The number of hydrogen-bond donors (Lipinski definition) is 3. The van der Waals surface area contributed by atoms with E-state index >= 15 is 0 Å². The molecule has 1 aromatic carbocycles. The van der Waals surface area contributed by atoms with Crippen LogP contribution in [-0.4, -0.2) is 46.7 Å². The van der Waals surface area contributed by atoms with E-state index in [4.69, 9.17) is 0 Å². The van der Waals surface area contributed by atoms with E-state index in [0.717, 1.165) is 32.5 Å². The van der Waals surface area contributed by atoms with E-state index in [-0.39, 0.29) is 23.4 Å². The van der Waals surface area contributed by atoms with Crippen LogP contribution in [0.2, 0.25) is 0 Å². The number of carbonyl (C=O) groups excluding carboxylic acids is 1. The zero-order valence-electron chi connectivity index (χ0n) is 13.1. The largest absolute Gasteiger partial charge is 0.504 e. The molecule has 5 heteroatoms. The summed E-state index contributed by atoms with van der Waals surface area (Å²) in [5.41, 5.74) is 0.348. The van der Waals surface area contributed by atoms with E-state index < -0.39 is 0 Å². The lowest BCUT2D eigenvalue weighted by Gasteiger charge is -2.19. The molecular weight excluding hydrogens is 268 g/mol. The molecule has 3 N–H and O–H groups in total. The van der Waals surface area contributed by atoms with Crippen molar-refractivity contribution in [2.75, 3.05) is 19.6 Å². The summed E-state index contributed by atoms with van der Waals surface area (Å²) >= 11 is 0. The third-order valence-electron chi connectivity index (χ3n) is 3.62. The van der Waals surface area contributed by atoms with Crippen LogP contribution in [0.15, 0.2) is 18.2 Å². The van der Waals surface area contributed by atoms with Gasteiger partial charge in [0.1, 0.15) is 0 Å². The van der Waals surface area contributed by atoms with Crippen molar-refractivity contribution in [3.8, 4) is 11.5 Å². The first-order valence-electron chi connectivity index (χ1n) is 7.53. The molecule has 1 rings (SSSR count). The minimum atomic E-state index is -0.281. The second-order valence-electron chi connectivity index (χ2n) is 5.25. The Morgan fingerprint density at radius 3 is 2.48 bits per heavy atom. The van der Waals surface area contributed by atoms with Gasteiger partial charge in [0.05, 0.1) is 0 Å². The molecule has 118 valence electrons. The summed E-state index contributed by atoms with van der Waals surface area (Å²) in [5.74, 6) is -0.740. The molecule has 0 aliphatic heterocycles. The third-order valence-corrected chi connectivity index (χ3v) is 3.62. The predicted molar refractivity (Wildman–Crippen MR) is 83.7 cm³/mol. The van der Waals surface area contributed by atoms with Crippen LogP contribution in [0, 0.1) is 0 Å². The zero-order chi connectivity index (χ0) is 15.8. The molecule has 1 amide bonds. The number of carbonyl (C=O) groups is 1. The maximum atomic E-state index is 12.0. The predicted octanol–water partition coefficient (Wildman–Crippen LogP) is 2.34. The standard InChI is InChI=1S/C16H26N2O3/c1-4-18(5-2)10-6-7-12(3)17-16(21)13-8-9-14(19)15(20)11-13/h8-9,11-12,19-20H,4-7,10H2,1-3H3,(H,17,21). The SMILES string of the molecule is CCN(CC)CCCC(C)NC(=O)c1ccc(O)c(O)c1. The van der Waals surface area contributed by atoms with E-state index in [0.29, 0.717) is 5.56 Å². The van der Waals surface area contributed by atoms with E-state index in [2.05, 4.69) is 24.1 Å². The molecule has 0 saturated heterocycles. The van der Waals surface area contributed by atoms with Crippen LogP contribution in [0.25, 0.3) is 0 Å². The Labute approximate surface area is 126 Å². The molecule has 5 nitrogen and oxygen atoms in total. The van der Waals surface area contributed by atoms with E-state index in [1.165, 1.54) is 18.2 Å². The van der Waals surface area contributed by atoms with Gasteiger partial charge in [0.15, 0.2) is 11.5 Å². The van der Waals surface area contributed by atoms with Crippen molar-refractivity contribution < 1.29 is 15.0 Å². The van der Waals surface area contributed by atoms with Gasteiger partial charge in [-0.25, -0.2) is 0 Å². The molecular formula is C16H26N2O3. The molecule has 1 unspecified atom stereocenters. The summed E-state index contributed by atoms with van der Waals surface area (Å²) in [4.78, 5) is 14.4. The zero-order valence-corrected chi connectivity index (χ0v) is 13.1. The number of aromatic hydroxyl groups is 2. The fraction of sp³-hybridized carbons (Fsp3) is 0.562. The van der Waals surface area contributed by atoms with Gasteiger partial charge in [-0.05, 0) is 57.6 Å². The molecule has 0 heterocycles. The van der Waals surface area contributed by atoms with Gasteiger partial charge >= 0.3 is 0 Å². The summed E-state index contributed by atoms with van der Waals surface area (Å²) in [7, 11) is 0. The summed E-state index contributed by atoms with van der Waals surface area (Å²) in [6, 6.07) is 4.15. The highest BCUT2D eigenvalue weighted by atomic mass is 16.3. The molecule has 0 spiro atoms. The molecule has 0 fully saturated rings. The number of phenols is 2. The number of nitrogens with zero attached hydrogens (tertiary/aromatic N) is 1.